The van der Waals surface area contributed by atoms with Crippen LogP contribution in [-0.4, -0.2) is 21.0 Å². The van der Waals surface area contributed by atoms with Gasteiger partial charge in [-0.25, -0.2) is 14.8 Å². The fraction of sp³-hybridized carbons (Fsp3) is 0.154. The number of benzene rings is 1. The Hall–Kier alpha value is -2.14. The molecule has 0 amide bonds. The van der Waals surface area contributed by atoms with Gasteiger partial charge in [0, 0.05) is 17.4 Å². The molecule has 0 radical (unpaired) electrons. The van der Waals surface area contributed by atoms with E-state index in [0.717, 1.165) is 5.56 Å². The summed E-state index contributed by atoms with van der Waals surface area (Å²) >= 11 is 5.92. The Labute approximate surface area is 115 Å². The van der Waals surface area contributed by atoms with E-state index in [2.05, 4.69) is 15.3 Å². The number of nitrogens with zero attached hydrogens (tertiary/aromatic N) is 2. The topological polar surface area (TPSA) is 75.1 Å². The zero-order valence-corrected chi connectivity index (χ0v) is 10.9. The van der Waals surface area contributed by atoms with E-state index in [0.29, 0.717) is 5.02 Å². The maximum Gasteiger partial charge on any atom is 0.358 e. The van der Waals surface area contributed by atoms with Gasteiger partial charge in [-0.15, -0.1) is 0 Å². The molecule has 0 saturated heterocycles. The van der Waals surface area contributed by atoms with Crippen LogP contribution in [0.2, 0.25) is 5.02 Å². The lowest BCUT2D eigenvalue weighted by Crippen LogP contribution is -2.13. The standard InChI is InChI=1S/C13H12ClN3O2/c1-8(9-3-2-4-10(14)7-9)17-12-11(13(18)19)15-5-6-16-12/h2-8H,1H3,(H,16,17)(H,18,19). The molecule has 19 heavy (non-hydrogen) atoms. The van der Waals surface area contributed by atoms with Gasteiger partial charge in [0.15, 0.2) is 11.5 Å². The summed E-state index contributed by atoms with van der Waals surface area (Å²) in [6.07, 6.45) is 2.79. The maximum absolute atomic E-state index is 11.0. The first-order valence-electron chi connectivity index (χ1n) is 5.64. The molecule has 1 aromatic carbocycles. The highest BCUT2D eigenvalue weighted by molar-refractivity contribution is 6.30. The number of nitrogens with one attached hydrogen (secondary N) is 1. The second-order valence-electron chi connectivity index (χ2n) is 3.98. The van der Waals surface area contributed by atoms with Crippen LogP contribution in [0.15, 0.2) is 36.7 Å². The molecule has 5 nitrogen and oxygen atoms in total. The van der Waals surface area contributed by atoms with Crippen LogP contribution in [0.25, 0.3) is 0 Å². The van der Waals surface area contributed by atoms with Gasteiger partial charge in [-0.1, -0.05) is 23.7 Å². The highest BCUT2D eigenvalue weighted by Crippen LogP contribution is 2.21. The Morgan fingerprint density at radius 2 is 2.11 bits per heavy atom. The molecule has 6 heteroatoms. The highest BCUT2D eigenvalue weighted by atomic mass is 35.5. The minimum absolute atomic E-state index is 0.101. The van der Waals surface area contributed by atoms with Crippen molar-refractivity contribution in [3.63, 3.8) is 0 Å². The fourth-order valence-electron chi connectivity index (χ4n) is 1.66. The van der Waals surface area contributed by atoms with Crippen LogP contribution in [0.1, 0.15) is 29.0 Å². The lowest BCUT2D eigenvalue weighted by molar-refractivity contribution is 0.0691. The molecule has 1 aromatic heterocycles. The molecular weight excluding hydrogens is 266 g/mol. The largest absolute Gasteiger partial charge is 0.476 e. The summed E-state index contributed by atoms with van der Waals surface area (Å²) in [6, 6.07) is 7.21. The van der Waals surface area contributed by atoms with Gasteiger partial charge in [0.2, 0.25) is 0 Å². The van der Waals surface area contributed by atoms with Gasteiger partial charge in [0.1, 0.15) is 0 Å². The number of hydrogen-bond donors (Lipinski definition) is 2. The van der Waals surface area contributed by atoms with Crippen molar-refractivity contribution in [2.75, 3.05) is 5.32 Å². The molecular formula is C13H12ClN3O2. The molecule has 0 bridgehead atoms. The van der Waals surface area contributed by atoms with E-state index >= 15 is 0 Å². The van der Waals surface area contributed by atoms with Crippen LogP contribution in [0, 0.1) is 0 Å². The van der Waals surface area contributed by atoms with Crippen LogP contribution in [0.5, 0.6) is 0 Å². The summed E-state index contributed by atoms with van der Waals surface area (Å²) < 4.78 is 0. The van der Waals surface area contributed by atoms with Gasteiger partial charge in [-0.2, -0.15) is 0 Å². The number of hydrogen-bond acceptors (Lipinski definition) is 4. The SMILES string of the molecule is CC(Nc1nccnc1C(=O)O)c1cccc(Cl)c1. The normalized spacial score (nSPS) is 11.9. The van der Waals surface area contributed by atoms with Gasteiger partial charge < -0.3 is 10.4 Å². The summed E-state index contributed by atoms with van der Waals surface area (Å²) in [5.41, 5.74) is 0.839. The lowest BCUT2D eigenvalue weighted by Gasteiger charge is -2.15. The van der Waals surface area contributed by atoms with E-state index in [4.69, 9.17) is 16.7 Å². The Morgan fingerprint density at radius 3 is 2.79 bits per heavy atom. The van der Waals surface area contributed by atoms with E-state index in [1.54, 1.807) is 6.07 Å². The molecule has 98 valence electrons. The molecule has 2 aromatic rings. The predicted octanol–water partition coefficient (Wildman–Crippen LogP) is 3.00. The first kappa shape index (κ1) is 13.3. The van der Waals surface area contributed by atoms with Crippen LogP contribution in [0.4, 0.5) is 5.82 Å². The molecule has 1 unspecified atom stereocenters. The van der Waals surface area contributed by atoms with E-state index < -0.39 is 5.97 Å². The quantitative estimate of drug-likeness (QED) is 0.898. The van der Waals surface area contributed by atoms with Crippen molar-refractivity contribution in [2.24, 2.45) is 0 Å². The zero-order chi connectivity index (χ0) is 13.8. The number of carboxylic acid groups (broad SMARTS) is 1. The number of rotatable bonds is 4. The molecule has 0 fully saturated rings. The van der Waals surface area contributed by atoms with Gasteiger partial charge in [0.25, 0.3) is 0 Å². The van der Waals surface area contributed by atoms with Crippen LogP contribution < -0.4 is 5.32 Å². The third-order valence-corrected chi connectivity index (χ3v) is 2.84. The van der Waals surface area contributed by atoms with Gasteiger partial charge in [0.05, 0.1) is 6.04 Å². The Morgan fingerprint density at radius 1 is 1.37 bits per heavy atom. The number of aromatic carboxylic acids is 1. The van der Waals surface area contributed by atoms with E-state index in [1.165, 1.54) is 12.4 Å². The summed E-state index contributed by atoms with van der Waals surface area (Å²) in [4.78, 5) is 18.8. The van der Waals surface area contributed by atoms with Crippen molar-refractivity contribution in [1.82, 2.24) is 9.97 Å². The summed E-state index contributed by atoms with van der Waals surface area (Å²) in [6.45, 7) is 1.89. The van der Waals surface area contributed by atoms with Crippen molar-refractivity contribution in [1.29, 1.82) is 0 Å². The molecule has 2 rings (SSSR count). The summed E-state index contributed by atoms with van der Waals surface area (Å²) in [7, 11) is 0. The molecule has 1 heterocycles. The number of halogens is 1. The average Bonchev–Trinajstić information content (AvgIpc) is 2.39. The molecule has 2 N–H and O–H groups in total. The first-order valence-corrected chi connectivity index (χ1v) is 6.02. The average molecular weight is 278 g/mol. The van der Waals surface area contributed by atoms with Gasteiger partial charge >= 0.3 is 5.97 Å². The van der Waals surface area contributed by atoms with Gasteiger partial charge in [-0.3, -0.25) is 0 Å². The first-order chi connectivity index (χ1) is 9.08. The van der Waals surface area contributed by atoms with Crippen molar-refractivity contribution in [2.45, 2.75) is 13.0 Å². The second kappa shape index (κ2) is 5.67. The van der Waals surface area contributed by atoms with Crippen LogP contribution in [0.3, 0.4) is 0 Å². The van der Waals surface area contributed by atoms with E-state index in [1.807, 2.05) is 25.1 Å². The fourth-order valence-corrected chi connectivity index (χ4v) is 1.86. The van der Waals surface area contributed by atoms with Crippen molar-refractivity contribution in [3.8, 4) is 0 Å². The lowest BCUT2D eigenvalue weighted by atomic mass is 10.1. The van der Waals surface area contributed by atoms with E-state index in [9.17, 15) is 4.79 Å². The number of carbonyl (C=O) groups is 1. The minimum Gasteiger partial charge on any atom is -0.476 e. The summed E-state index contributed by atoms with van der Waals surface area (Å²) in [5, 5.41) is 12.7. The van der Waals surface area contributed by atoms with Gasteiger partial charge in [-0.05, 0) is 24.6 Å². The molecule has 0 saturated carbocycles. The Balaban J connectivity index is 2.24. The third kappa shape index (κ3) is 3.20. The predicted molar refractivity (Wildman–Crippen MR) is 72.5 cm³/mol. The van der Waals surface area contributed by atoms with E-state index in [-0.39, 0.29) is 17.6 Å². The number of aromatic nitrogens is 2. The van der Waals surface area contributed by atoms with Crippen molar-refractivity contribution < 1.29 is 9.90 Å². The number of carboxylic acids is 1. The minimum atomic E-state index is -1.12. The highest BCUT2D eigenvalue weighted by Gasteiger charge is 2.15. The van der Waals surface area contributed by atoms with Crippen LogP contribution >= 0.6 is 11.6 Å². The molecule has 1 atom stereocenters. The Bertz CT molecular complexity index is 604. The molecule has 0 spiro atoms. The summed E-state index contributed by atoms with van der Waals surface area (Å²) in [5.74, 6) is -0.878. The maximum atomic E-state index is 11.0. The zero-order valence-electron chi connectivity index (χ0n) is 10.2. The van der Waals surface area contributed by atoms with Crippen molar-refractivity contribution in [3.05, 3.63) is 52.9 Å². The molecule has 0 aliphatic carbocycles. The van der Waals surface area contributed by atoms with Crippen molar-refractivity contribution >= 4 is 23.4 Å². The molecule has 0 aliphatic rings. The number of anilines is 1. The molecule has 0 aliphatic heterocycles. The Kier molecular flexibility index (Phi) is 3.97. The smallest absolute Gasteiger partial charge is 0.358 e. The monoisotopic (exact) mass is 277 g/mol. The van der Waals surface area contributed by atoms with Crippen LogP contribution in [-0.2, 0) is 0 Å². The third-order valence-electron chi connectivity index (χ3n) is 2.60. The second-order valence-corrected chi connectivity index (χ2v) is 4.42.